The summed E-state index contributed by atoms with van der Waals surface area (Å²) in [5, 5.41) is 8.98. The van der Waals surface area contributed by atoms with E-state index in [-0.39, 0.29) is 5.92 Å². The predicted octanol–water partition coefficient (Wildman–Crippen LogP) is 2.36. The van der Waals surface area contributed by atoms with Gasteiger partial charge >= 0.3 is 5.97 Å². The molecule has 1 saturated carbocycles. The van der Waals surface area contributed by atoms with Gasteiger partial charge in [0.15, 0.2) is 0 Å². The highest BCUT2D eigenvalue weighted by Gasteiger charge is 2.45. The maximum atomic E-state index is 10.9. The molecule has 1 heterocycles. The molecule has 0 amide bonds. The highest BCUT2D eigenvalue weighted by atomic mass is 16.4. The third-order valence-corrected chi connectivity index (χ3v) is 4.85. The van der Waals surface area contributed by atoms with Gasteiger partial charge < -0.3 is 5.11 Å². The first-order valence-corrected chi connectivity index (χ1v) is 6.57. The Bertz CT molecular complexity index is 265. The lowest BCUT2D eigenvalue weighted by molar-refractivity contribution is -0.141. The Morgan fingerprint density at radius 2 is 1.94 bits per heavy atom. The van der Waals surface area contributed by atoms with E-state index in [9.17, 15) is 4.79 Å². The van der Waals surface area contributed by atoms with Crippen LogP contribution in [-0.4, -0.2) is 35.1 Å². The number of rotatable bonds is 4. The Hall–Kier alpha value is -0.570. The first kappa shape index (κ1) is 11.9. The summed E-state index contributed by atoms with van der Waals surface area (Å²) < 4.78 is 0. The molecule has 0 spiro atoms. The highest BCUT2D eigenvalue weighted by Crippen LogP contribution is 2.42. The summed E-state index contributed by atoms with van der Waals surface area (Å²) in [5.74, 6) is -0.677. The molecule has 2 rings (SSSR count). The molecule has 2 aliphatic rings. The summed E-state index contributed by atoms with van der Waals surface area (Å²) in [7, 11) is 0. The van der Waals surface area contributed by atoms with Crippen molar-refractivity contribution in [2.45, 2.75) is 52.0 Å². The van der Waals surface area contributed by atoms with Crippen molar-refractivity contribution in [2.24, 2.45) is 11.3 Å². The van der Waals surface area contributed by atoms with Crippen LogP contribution in [0.2, 0.25) is 0 Å². The van der Waals surface area contributed by atoms with Crippen LogP contribution in [0.15, 0.2) is 0 Å². The molecule has 0 aromatic rings. The fourth-order valence-electron chi connectivity index (χ4n) is 3.28. The molecule has 1 aliphatic carbocycles. The fraction of sp³-hybridized carbons (Fsp3) is 0.923. The summed E-state index contributed by atoms with van der Waals surface area (Å²) in [6, 6.07) is 0.548. The molecule has 1 aliphatic heterocycles. The molecule has 1 N–H and O–H groups in total. The normalized spacial score (nSPS) is 33.6. The Morgan fingerprint density at radius 1 is 1.31 bits per heavy atom. The molecule has 0 bridgehead atoms. The Kier molecular flexibility index (Phi) is 3.24. The van der Waals surface area contributed by atoms with Gasteiger partial charge in [0.2, 0.25) is 0 Å². The number of carbonyl (C=O) groups is 1. The zero-order valence-corrected chi connectivity index (χ0v) is 10.4. The average Bonchev–Trinajstić information content (AvgIpc) is 2.67. The van der Waals surface area contributed by atoms with E-state index in [0.717, 1.165) is 19.3 Å². The molecule has 3 heteroatoms. The van der Waals surface area contributed by atoms with Gasteiger partial charge in [-0.25, -0.2) is 0 Å². The van der Waals surface area contributed by atoms with Gasteiger partial charge in [0.05, 0.1) is 5.92 Å². The second-order valence-electron chi connectivity index (χ2n) is 5.61. The minimum atomic E-state index is -0.597. The maximum Gasteiger partial charge on any atom is 0.306 e. The van der Waals surface area contributed by atoms with Crippen molar-refractivity contribution in [1.29, 1.82) is 0 Å². The van der Waals surface area contributed by atoms with Crippen molar-refractivity contribution in [3.8, 4) is 0 Å². The maximum absolute atomic E-state index is 10.9. The van der Waals surface area contributed by atoms with Gasteiger partial charge in [-0.2, -0.15) is 0 Å². The first-order chi connectivity index (χ1) is 7.60. The van der Waals surface area contributed by atoms with Crippen LogP contribution >= 0.6 is 0 Å². The van der Waals surface area contributed by atoms with Gasteiger partial charge in [-0.05, 0) is 37.5 Å². The van der Waals surface area contributed by atoms with Crippen LogP contribution < -0.4 is 0 Å². The minimum Gasteiger partial charge on any atom is -0.481 e. The van der Waals surface area contributed by atoms with Gasteiger partial charge in [0.25, 0.3) is 0 Å². The van der Waals surface area contributed by atoms with Crippen LogP contribution in [0.5, 0.6) is 0 Å². The lowest BCUT2D eigenvalue weighted by atomic mass is 9.74. The summed E-state index contributed by atoms with van der Waals surface area (Å²) in [5.41, 5.74) is 0.543. The van der Waals surface area contributed by atoms with Crippen molar-refractivity contribution in [3.05, 3.63) is 0 Å². The zero-order valence-electron chi connectivity index (χ0n) is 10.4. The molecule has 3 nitrogen and oxygen atoms in total. The van der Waals surface area contributed by atoms with E-state index in [1.165, 1.54) is 25.9 Å². The van der Waals surface area contributed by atoms with E-state index in [1.807, 2.05) is 0 Å². The van der Waals surface area contributed by atoms with Crippen LogP contribution in [0.25, 0.3) is 0 Å². The number of aliphatic carboxylic acids is 1. The van der Waals surface area contributed by atoms with Gasteiger partial charge in [0, 0.05) is 19.1 Å². The number of likely N-dealkylation sites (tertiary alicyclic amines) is 1. The average molecular weight is 225 g/mol. The Labute approximate surface area is 97.8 Å². The van der Waals surface area contributed by atoms with Gasteiger partial charge in [-0.15, -0.1) is 0 Å². The van der Waals surface area contributed by atoms with Gasteiger partial charge in [-0.1, -0.05) is 13.8 Å². The van der Waals surface area contributed by atoms with E-state index >= 15 is 0 Å². The van der Waals surface area contributed by atoms with Crippen molar-refractivity contribution < 1.29 is 9.90 Å². The van der Waals surface area contributed by atoms with E-state index in [0.29, 0.717) is 11.5 Å². The third-order valence-electron chi connectivity index (χ3n) is 4.85. The Morgan fingerprint density at radius 3 is 2.38 bits per heavy atom. The second kappa shape index (κ2) is 4.36. The lowest BCUT2D eigenvalue weighted by Crippen LogP contribution is -2.58. The van der Waals surface area contributed by atoms with Crippen LogP contribution in [0.1, 0.15) is 46.0 Å². The molecular formula is C13H23NO2. The first-order valence-electron chi connectivity index (χ1n) is 6.57. The topological polar surface area (TPSA) is 40.5 Å². The van der Waals surface area contributed by atoms with Crippen LogP contribution in [-0.2, 0) is 4.79 Å². The second-order valence-corrected chi connectivity index (χ2v) is 5.61. The van der Waals surface area contributed by atoms with Gasteiger partial charge in [-0.3, -0.25) is 9.69 Å². The quantitative estimate of drug-likeness (QED) is 0.798. The number of carboxylic acids is 1. The van der Waals surface area contributed by atoms with E-state index in [2.05, 4.69) is 18.7 Å². The number of hydrogen-bond donors (Lipinski definition) is 1. The largest absolute Gasteiger partial charge is 0.481 e. The molecule has 0 radical (unpaired) electrons. The fourth-order valence-corrected chi connectivity index (χ4v) is 3.28. The number of carboxylic acid groups (broad SMARTS) is 1. The van der Waals surface area contributed by atoms with Gasteiger partial charge in [0.1, 0.15) is 0 Å². The molecule has 0 aromatic carbocycles. The molecule has 2 atom stereocenters. The van der Waals surface area contributed by atoms with E-state index in [4.69, 9.17) is 5.11 Å². The van der Waals surface area contributed by atoms with Crippen LogP contribution in [0.3, 0.4) is 0 Å². The minimum absolute atomic E-state index is 0.0803. The Balaban J connectivity index is 1.83. The SMILES string of the molecule is CCC1(CC)CN(C2CCC(C(=O)O)C2)C1. The van der Waals surface area contributed by atoms with Crippen molar-refractivity contribution in [2.75, 3.05) is 13.1 Å². The molecular weight excluding hydrogens is 202 g/mol. The lowest BCUT2D eigenvalue weighted by Gasteiger charge is -2.52. The zero-order chi connectivity index (χ0) is 11.8. The van der Waals surface area contributed by atoms with Crippen LogP contribution in [0, 0.1) is 11.3 Å². The molecule has 16 heavy (non-hydrogen) atoms. The van der Waals surface area contributed by atoms with E-state index < -0.39 is 5.97 Å². The standard InChI is InChI=1S/C13H23NO2/c1-3-13(4-2)8-14(9-13)11-6-5-10(7-11)12(15)16/h10-11H,3-9H2,1-2H3,(H,15,16). The summed E-state index contributed by atoms with van der Waals surface area (Å²) in [6.45, 7) is 6.93. The van der Waals surface area contributed by atoms with Crippen molar-refractivity contribution >= 4 is 5.97 Å². The highest BCUT2D eigenvalue weighted by molar-refractivity contribution is 5.70. The molecule has 92 valence electrons. The predicted molar refractivity (Wildman–Crippen MR) is 63.4 cm³/mol. The monoisotopic (exact) mass is 225 g/mol. The molecule has 2 unspecified atom stereocenters. The molecule has 2 fully saturated rings. The summed E-state index contributed by atoms with van der Waals surface area (Å²) >= 11 is 0. The molecule has 0 aromatic heterocycles. The van der Waals surface area contributed by atoms with Crippen LogP contribution in [0.4, 0.5) is 0 Å². The smallest absolute Gasteiger partial charge is 0.306 e. The summed E-state index contributed by atoms with van der Waals surface area (Å²) in [4.78, 5) is 13.4. The van der Waals surface area contributed by atoms with Crippen molar-refractivity contribution in [1.82, 2.24) is 4.90 Å². The number of nitrogens with zero attached hydrogens (tertiary/aromatic N) is 1. The number of hydrogen-bond acceptors (Lipinski definition) is 2. The van der Waals surface area contributed by atoms with Crippen molar-refractivity contribution in [3.63, 3.8) is 0 Å². The molecule has 1 saturated heterocycles. The summed E-state index contributed by atoms with van der Waals surface area (Å²) in [6.07, 6.45) is 5.35. The van der Waals surface area contributed by atoms with E-state index in [1.54, 1.807) is 0 Å². The third kappa shape index (κ3) is 1.97.